The molecule has 5 nitrogen and oxygen atoms in total. The zero-order valence-corrected chi connectivity index (χ0v) is 16.9. The second-order valence-corrected chi connectivity index (χ2v) is 8.38. The third kappa shape index (κ3) is 5.04. The Kier molecular flexibility index (Phi) is 7.17. The first-order chi connectivity index (χ1) is 12.3. The Bertz CT molecular complexity index is 885. The molecule has 0 N–H and O–H groups in total. The number of halogens is 3. The minimum atomic E-state index is -4.07. The molecule has 140 valence electrons. The molecule has 0 heterocycles. The van der Waals surface area contributed by atoms with E-state index < -0.39 is 21.8 Å². The molecule has 0 fully saturated rings. The Balaban J connectivity index is 2.42. The largest absolute Gasteiger partial charge is 0.494 e. The molecule has 0 saturated carbocycles. The van der Waals surface area contributed by atoms with Crippen LogP contribution in [-0.4, -0.2) is 26.8 Å². The summed E-state index contributed by atoms with van der Waals surface area (Å²) in [5.41, 5.74) is 0.272. The van der Waals surface area contributed by atoms with Gasteiger partial charge in [-0.1, -0.05) is 30.1 Å². The predicted octanol–water partition coefficient (Wildman–Crippen LogP) is 4.74. The normalized spacial score (nSPS) is 11.2. The highest BCUT2D eigenvalue weighted by Crippen LogP contribution is 2.30. The Morgan fingerprint density at radius 3 is 2.27 bits per heavy atom. The van der Waals surface area contributed by atoms with Crippen LogP contribution in [-0.2, 0) is 14.8 Å². The van der Waals surface area contributed by atoms with Crippen LogP contribution in [0.1, 0.15) is 13.3 Å². The number of sulfonamides is 1. The molecule has 0 bridgehead atoms. The van der Waals surface area contributed by atoms with Crippen molar-refractivity contribution in [3.05, 3.63) is 52.5 Å². The van der Waals surface area contributed by atoms with Crippen LogP contribution >= 0.6 is 34.8 Å². The van der Waals surface area contributed by atoms with Gasteiger partial charge in [0.05, 0.1) is 27.2 Å². The maximum absolute atomic E-state index is 13.0. The summed E-state index contributed by atoms with van der Waals surface area (Å²) in [7, 11) is -4.07. The Morgan fingerprint density at radius 1 is 1.08 bits per heavy atom. The number of hydrogen-bond acceptors (Lipinski definition) is 4. The van der Waals surface area contributed by atoms with Gasteiger partial charge in [-0.15, -0.1) is 0 Å². The quantitative estimate of drug-likeness (QED) is 0.561. The van der Waals surface area contributed by atoms with Gasteiger partial charge in [0.15, 0.2) is 0 Å². The molecule has 0 aromatic heterocycles. The monoisotopic (exact) mass is 435 g/mol. The van der Waals surface area contributed by atoms with Gasteiger partial charge in [-0.25, -0.2) is 8.42 Å². The number of ether oxygens (including phenoxy) is 1. The lowest BCUT2D eigenvalue weighted by atomic mass is 10.3. The van der Waals surface area contributed by atoms with Crippen LogP contribution in [0.15, 0.2) is 47.4 Å². The van der Waals surface area contributed by atoms with Crippen LogP contribution < -0.4 is 9.04 Å². The molecule has 0 aliphatic heterocycles. The molecule has 2 rings (SSSR count). The van der Waals surface area contributed by atoms with Gasteiger partial charge in [-0.3, -0.25) is 9.10 Å². The molecule has 0 atom stereocenters. The van der Waals surface area contributed by atoms with E-state index in [1.807, 2.05) is 6.92 Å². The summed E-state index contributed by atoms with van der Waals surface area (Å²) >= 11 is 17.2. The molecule has 0 aliphatic carbocycles. The molecule has 0 saturated heterocycles. The molecule has 0 spiro atoms. The van der Waals surface area contributed by atoms with E-state index in [1.165, 1.54) is 18.2 Å². The maximum atomic E-state index is 13.0. The fourth-order valence-corrected chi connectivity index (χ4v) is 4.12. The first-order valence-electron chi connectivity index (χ1n) is 7.64. The van der Waals surface area contributed by atoms with E-state index in [9.17, 15) is 13.2 Å². The summed E-state index contributed by atoms with van der Waals surface area (Å²) in [5, 5.41) is -0.504. The van der Waals surface area contributed by atoms with Crippen LogP contribution in [0.3, 0.4) is 0 Å². The molecule has 0 radical (unpaired) electrons. The van der Waals surface area contributed by atoms with Crippen LogP contribution in [0.2, 0.25) is 10.0 Å². The van der Waals surface area contributed by atoms with Gasteiger partial charge in [0.2, 0.25) is 5.24 Å². The SMILES string of the molecule is CCCOc1ccc(N(CC(=O)Cl)S(=O)(=O)c2ccc(Cl)c(Cl)c2)cc1. The summed E-state index contributed by atoms with van der Waals surface area (Å²) in [4.78, 5) is 11.3. The van der Waals surface area contributed by atoms with Crippen molar-refractivity contribution in [2.45, 2.75) is 18.2 Å². The average Bonchev–Trinajstić information content (AvgIpc) is 2.60. The van der Waals surface area contributed by atoms with Crippen LogP contribution in [0.25, 0.3) is 0 Å². The van der Waals surface area contributed by atoms with E-state index in [0.29, 0.717) is 12.4 Å². The minimum Gasteiger partial charge on any atom is -0.494 e. The van der Waals surface area contributed by atoms with Gasteiger partial charge in [0.1, 0.15) is 12.3 Å². The Morgan fingerprint density at radius 2 is 1.73 bits per heavy atom. The number of carbonyl (C=O) groups is 1. The zero-order chi connectivity index (χ0) is 19.3. The molecular formula is C17H16Cl3NO4S. The van der Waals surface area contributed by atoms with E-state index in [-0.39, 0.29) is 20.6 Å². The summed E-state index contributed by atoms with van der Waals surface area (Å²) in [6.07, 6.45) is 0.848. The Labute approximate surface area is 167 Å². The number of carbonyl (C=O) groups excluding carboxylic acids is 1. The van der Waals surface area contributed by atoms with Gasteiger partial charge >= 0.3 is 0 Å². The molecule has 2 aromatic carbocycles. The zero-order valence-electron chi connectivity index (χ0n) is 13.8. The van der Waals surface area contributed by atoms with E-state index >= 15 is 0 Å². The molecule has 0 amide bonds. The smallest absolute Gasteiger partial charge is 0.264 e. The summed E-state index contributed by atoms with van der Waals surface area (Å²) < 4.78 is 32.3. The van der Waals surface area contributed by atoms with Gasteiger partial charge in [-0.05, 0) is 60.5 Å². The van der Waals surface area contributed by atoms with Crippen molar-refractivity contribution in [3.8, 4) is 5.75 Å². The van der Waals surface area contributed by atoms with Crippen molar-refractivity contribution >= 4 is 55.8 Å². The van der Waals surface area contributed by atoms with Crippen LogP contribution in [0.4, 0.5) is 5.69 Å². The highest BCUT2D eigenvalue weighted by atomic mass is 35.5. The van der Waals surface area contributed by atoms with Crippen molar-refractivity contribution in [1.82, 2.24) is 0 Å². The summed E-state index contributed by atoms with van der Waals surface area (Å²) in [6.45, 7) is 2.00. The van der Waals surface area contributed by atoms with Crippen molar-refractivity contribution in [3.63, 3.8) is 0 Å². The molecule has 2 aromatic rings. The predicted molar refractivity (Wildman–Crippen MR) is 104 cm³/mol. The van der Waals surface area contributed by atoms with Crippen LogP contribution in [0, 0.1) is 0 Å². The average molecular weight is 437 g/mol. The summed E-state index contributed by atoms with van der Waals surface area (Å²) in [6, 6.07) is 10.2. The lowest BCUT2D eigenvalue weighted by Gasteiger charge is -2.23. The topological polar surface area (TPSA) is 63.7 Å². The van der Waals surface area contributed by atoms with E-state index in [1.54, 1.807) is 24.3 Å². The minimum absolute atomic E-state index is 0.0909. The van der Waals surface area contributed by atoms with E-state index in [4.69, 9.17) is 39.5 Å². The molecule has 0 aliphatic rings. The van der Waals surface area contributed by atoms with Crippen molar-refractivity contribution < 1.29 is 17.9 Å². The Hall–Kier alpha value is -1.47. The first-order valence-corrected chi connectivity index (χ1v) is 10.2. The maximum Gasteiger partial charge on any atom is 0.264 e. The standard InChI is InChI=1S/C17H16Cl3NO4S/c1-2-9-25-13-5-3-12(4-6-13)21(11-17(20)22)26(23,24)14-7-8-15(18)16(19)10-14/h3-8,10H,2,9,11H2,1H3. The lowest BCUT2D eigenvalue weighted by Crippen LogP contribution is -2.34. The van der Waals surface area contributed by atoms with Gasteiger partial charge < -0.3 is 4.74 Å². The molecule has 26 heavy (non-hydrogen) atoms. The number of hydrogen-bond donors (Lipinski definition) is 0. The highest BCUT2D eigenvalue weighted by Gasteiger charge is 2.27. The second kappa shape index (κ2) is 8.95. The molecule has 9 heteroatoms. The number of rotatable bonds is 8. The van der Waals surface area contributed by atoms with Gasteiger partial charge in [-0.2, -0.15) is 0 Å². The lowest BCUT2D eigenvalue weighted by molar-refractivity contribution is -0.110. The van der Waals surface area contributed by atoms with E-state index in [0.717, 1.165) is 10.7 Å². The fourth-order valence-electron chi connectivity index (χ4n) is 2.12. The van der Waals surface area contributed by atoms with Crippen molar-refractivity contribution in [2.75, 3.05) is 17.5 Å². The molecule has 0 unspecified atom stereocenters. The van der Waals surface area contributed by atoms with Crippen LogP contribution in [0.5, 0.6) is 5.75 Å². The van der Waals surface area contributed by atoms with E-state index in [2.05, 4.69) is 0 Å². The number of anilines is 1. The van der Waals surface area contributed by atoms with Gasteiger partial charge in [0.25, 0.3) is 10.0 Å². The highest BCUT2D eigenvalue weighted by molar-refractivity contribution is 7.92. The number of nitrogens with zero attached hydrogens (tertiary/aromatic N) is 1. The summed E-state index contributed by atoms with van der Waals surface area (Å²) in [5.74, 6) is 0.597. The van der Waals surface area contributed by atoms with Gasteiger partial charge in [0, 0.05) is 0 Å². The van der Waals surface area contributed by atoms with Crippen molar-refractivity contribution in [1.29, 1.82) is 0 Å². The fraction of sp³-hybridized carbons (Fsp3) is 0.235. The second-order valence-electron chi connectivity index (χ2n) is 5.29. The van der Waals surface area contributed by atoms with Crippen molar-refractivity contribution in [2.24, 2.45) is 0 Å². The number of benzene rings is 2. The first kappa shape index (κ1) is 20.8. The third-order valence-corrected chi connectivity index (χ3v) is 5.97. The molecular weight excluding hydrogens is 421 g/mol. The third-order valence-electron chi connectivity index (χ3n) is 3.34.